The van der Waals surface area contributed by atoms with E-state index in [0.717, 1.165) is 0 Å². The lowest BCUT2D eigenvalue weighted by Gasteiger charge is -2.03. The van der Waals surface area contributed by atoms with Crippen LogP contribution in [0.5, 0.6) is 0 Å². The lowest BCUT2D eigenvalue weighted by atomic mass is 10.2. The van der Waals surface area contributed by atoms with Crippen LogP contribution in [0.2, 0.25) is 0 Å². The van der Waals surface area contributed by atoms with Gasteiger partial charge >= 0.3 is 5.76 Å². The summed E-state index contributed by atoms with van der Waals surface area (Å²) in [4.78, 5) is 25.4. The van der Waals surface area contributed by atoms with E-state index in [9.17, 15) is 9.59 Å². The van der Waals surface area contributed by atoms with Crippen LogP contribution in [0, 0.1) is 6.92 Å². The van der Waals surface area contributed by atoms with Crippen molar-refractivity contribution in [3.63, 3.8) is 0 Å². The fraction of sp³-hybridized carbons (Fsp3) is 0.154. The van der Waals surface area contributed by atoms with Crippen LogP contribution in [0.4, 0.5) is 5.69 Å². The highest BCUT2D eigenvalue weighted by Gasteiger charge is 2.09. The molecule has 1 amide bonds. The normalized spacial score (nSPS) is 10.8. The number of rotatable bonds is 3. The van der Waals surface area contributed by atoms with Gasteiger partial charge in [-0.3, -0.25) is 9.78 Å². The van der Waals surface area contributed by atoms with Crippen molar-refractivity contribution in [1.82, 2.24) is 10.1 Å². The van der Waals surface area contributed by atoms with E-state index >= 15 is 0 Å². The number of anilines is 1. The Hall–Kier alpha value is -2.83. The van der Waals surface area contributed by atoms with E-state index in [2.05, 4.69) is 15.5 Å². The molecule has 2 heterocycles. The summed E-state index contributed by atoms with van der Waals surface area (Å²) in [6.07, 6.45) is 0.118. The fourth-order valence-corrected chi connectivity index (χ4v) is 1.89. The third-order valence-corrected chi connectivity index (χ3v) is 2.72. The van der Waals surface area contributed by atoms with Crippen molar-refractivity contribution in [3.05, 3.63) is 46.3 Å². The third kappa shape index (κ3) is 2.46. The van der Waals surface area contributed by atoms with Crippen LogP contribution >= 0.6 is 0 Å². The smallest absolute Gasteiger partial charge is 0.408 e. The third-order valence-electron chi connectivity index (χ3n) is 2.72. The van der Waals surface area contributed by atoms with Crippen LogP contribution in [0.3, 0.4) is 0 Å². The average molecular weight is 273 g/mol. The molecule has 2 N–H and O–H groups in total. The van der Waals surface area contributed by atoms with Crippen molar-refractivity contribution in [2.75, 3.05) is 5.32 Å². The summed E-state index contributed by atoms with van der Waals surface area (Å²) in [6, 6.07) is 6.63. The molecule has 0 bridgehead atoms. The van der Waals surface area contributed by atoms with Gasteiger partial charge in [0.2, 0.25) is 5.91 Å². The molecule has 0 spiro atoms. The minimum atomic E-state index is -0.526. The molecule has 20 heavy (non-hydrogen) atoms. The number of benzene rings is 1. The highest BCUT2D eigenvalue weighted by Crippen LogP contribution is 2.16. The van der Waals surface area contributed by atoms with E-state index in [1.165, 1.54) is 0 Å². The van der Waals surface area contributed by atoms with Gasteiger partial charge in [0.1, 0.15) is 5.76 Å². The maximum absolute atomic E-state index is 11.8. The molecule has 0 radical (unpaired) electrons. The molecule has 0 fully saturated rings. The maximum atomic E-state index is 11.8. The van der Waals surface area contributed by atoms with E-state index in [-0.39, 0.29) is 12.3 Å². The summed E-state index contributed by atoms with van der Waals surface area (Å²) in [7, 11) is 0. The molecule has 0 saturated carbocycles. The second kappa shape index (κ2) is 4.69. The number of nitrogens with zero attached hydrogens (tertiary/aromatic N) is 1. The molecule has 2 aromatic heterocycles. The number of H-pyrrole nitrogens is 1. The van der Waals surface area contributed by atoms with Gasteiger partial charge in [0.25, 0.3) is 0 Å². The number of amides is 1. The first-order valence-corrected chi connectivity index (χ1v) is 5.95. The predicted octanol–water partition coefficient (Wildman–Crippen LogP) is 1.60. The molecular weight excluding hydrogens is 262 g/mol. The Morgan fingerprint density at radius 1 is 1.40 bits per heavy atom. The van der Waals surface area contributed by atoms with E-state index in [4.69, 9.17) is 8.94 Å². The molecule has 0 aliphatic heterocycles. The fourth-order valence-electron chi connectivity index (χ4n) is 1.89. The van der Waals surface area contributed by atoms with E-state index in [1.807, 2.05) is 0 Å². The number of aromatic nitrogens is 2. The number of fused-ring (bicyclic) bond motifs is 1. The first-order valence-electron chi connectivity index (χ1n) is 5.95. The highest BCUT2D eigenvalue weighted by molar-refractivity contribution is 5.93. The molecule has 102 valence electrons. The number of hydrogen-bond acceptors (Lipinski definition) is 5. The number of hydrogen-bond donors (Lipinski definition) is 2. The Labute approximate surface area is 112 Å². The first kappa shape index (κ1) is 12.2. The van der Waals surface area contributed by atoms with Gasteiger partial charge in [0.05, 0.1) is 17.6 Å². The molecule has 3 aromatic rings. The summed E-state index contributed by atoms with van der Waals surface area (Å²) in [5.41, 5.74) is 2.09. The van der Waals surface area contributed by atoms with Crippen molar-refractivity contribution >= 4 is 22.7 Å². The van der Waals surface area contributed by atoms with E-state index in [0.29, 0.717) is 28.2 Å². The Balaban J connectivity index is 1.75. The van der Waals surface area contributed by atoms with Gasteiger partial charge in [-0.25, -0.2) is 4.79 Å². The molecule has 0 unspecified atom stereocenters. The minimum absolute atomic E-state index is 0.118. The number of carbonyl (C=O) groups excluding carboxylic acids is 1. The van der Waals surface area contributed by atoms with Crippen LogP contribution in [-0.4, -0.2) is 16.0 Å². The number of nitrogens with one attached hydrogen (secondary N) is 2. The zero-order chi connectivity index (χ0) is 14.1. The van der Waals surface area contributed by atoms with Crippen molar-refractivity contribution in [3.8, 4) is 0 Å². The molecule has 0 atom stereocenters. The summed E-state index contributed by atoms with van der Waals surface area (Å²) in [5.74, 6) is -0.0969. The van der Waals surface area contributed by atoms with Gasteiger partial charge < -0.3 is 14.3 Å². The number of aromatic amines is 1. The molecule has 7 heteroatoms. The monoisotopic (exact) mass is 273 g/mol. The Morgan fingerprint density at radius 2 is 2.25 bits per heavy atom. The Bertz CT molecular complexity index is 827. The van der Waals surface area contributed by atoms with Gasteiger partial charge in [-0.05, 0) is 19.1 Å². The van der Waals surface area contributed by atoms with Crippen LogP contribution in [0.1, 0.15) is 11.5 Å². The van der Waals surface area contributed by atoms with Gasteiger partial charge in [0, 0.05) is 17.8 Å². The summed E-state index contributed by atoms with van der Waals surface area (Å²) < 4.78 is 9.81. The zero-order valence-corrected chi connectivity index (χ0v) is 10.6. The van der Waals surface area contributed by atoms with E-state index in [1.54, 1.807) is 31.2 Å². The van der Waals surface area contributed by atoms with Gasteiger partial charge in [0.15, 0.2) is 5.58 Å². The predicted molar refractivity (Wildman–Crippen MR) is 70.4 cm³/mol. The lowest BCUT2D eigenvalue weighted by Crippen LogP contribution is -2.14. The van der Waals surface area contributed by atoms with Crippen LogP contribution in [0.15, 0.2) is 38.0 Å². The quantitative estimate of drug-likeness (QED) is 0.754. The van der Waals surface area contributed by atoms with Crippen molar-refractivity contribution < 1.29 is 13.7 Å². The van der Waals surface area contributed by atoms with Crippen LogP contribution in [-0.2, 0) is 11.2 Å². The molecule has 7 nitrogen and oxygen atoms in total. The molecule has 0 aliphatic rings. The van der Waals surface area contributed by atoms with Gasteiger partial charge in [-0.1, -0.05) is 5.16 Å². The Kier molecular flexibility index (Phi) is 2.86. The van der Waals surface area contributed by atoms with Gasteiger partial charge in [-0.15, -0.1) is 0 Å². The minimum Gasteiger partial charge on any atom is -0.408 e. The number of carbonyl (C=O) groups is 1. The lowest BCUT2D eigenvalue weighted by molar-refractivity contribution is -0.115. The SMILES string of the molecule is Cc1cc(CC(=O)Nc2ccc3[nH]c(=O)oc3c2)no1. The van der Waals surface area contributed by atoms with Crippen molar-refractivity contribution in [2.24, 2.45) is 0 Å². The standard InChI is InChI=1S/C13H11N3O4/c1-7-4-9(16-20-7)6-12(17)14-8-2-3-10-11(5-8)19-13(18)15-10/h2-5H,6H2,1H3,(H,14,17)(H,15,18). The summed E-state index contributed by atoms with van der Waals surface area (Å²) in [5, 5.41) is 6.45. The highest BCUT2D eigenvalue weighted by atomic mass is 16.5. The van der Waals surface area contributed by atoms with Crippen LogP contribution in [0.25, 0.3) is 11.1 Å². The second-order valence-corrected chi connectivity index (χ2v) is 4.38. The Morgan fingerprint density at radius 3 is 3.00 bits per heavy atom. The molecule has 3 rings (SSSR count). The number of aryl methyl sites for hydroxylation is 1. The summed E-state index contributed by atoms with van der Waals surface area (Å²) in [6.45, 7) is 1.76. The number of oxazole rings is 1. The maximum Gasteiger partial charge on any atom is 0.417 e. The topological polar surface area (TPSA) is 101 Å². The van der Waals surface area contributed by atoms with Crippen LogP contribution < -0.4 is 11.1 Å². The van der Waals surface area contributed by atoms with Crippen molar-refractivity contribution in [2.45, 2.75) is 13.3 Å². The van der Waals surface area contributed by atoms with Crippen molar-refractivity contribution in [1.29, 1.82) is 0 Å². The molecular formula is C13H11N3O4. The first-order chi connectivity index (χ1) is 9.60. The largest absolute Gasteiger partial charge is 0.417 e. The molecule has 0 saturated heterocycles. The summed E-state index contributed by atoms with van der Waals surface area (Å²) >= 11 is 0. The zero-order valence-electron chi connectivity index (χ0n) is 10.6. The second-order valence-electron chi connectivity index (χ2n) is 4.38. The van der Waals surface area contributed by atoms with Gasteiger partial charge in [-0.2, -0.15) is 0 Å². The molecule has 0 aliphatic carbocycles. The average Bonchev–Trinajstić information content (AvgIpc) is 2.93. The van der Waals surface area contributed by atoms with E-state index < -0.39 is 5.76 Å². The molecule has 1 aromatic carbocycles.